The minimum absolute atomic E-state index is 0.231. The smallest absolute Gasteiger partial charge is 0.239 e. The summed E-state index contributed by atoms with van der Waals surface area (Å²) in [5, 5.41) is 12.2. The van der Waals surface area contributed by atoms with Gasteiger partial charge in [0.2, 0.25) is 5.91 Å². The molecule has 1 aromatic carbocycles. The number of primary amides is 1. The molecule has 0 radical (unpaired) electrons. The van der Waals surface area contributed by atoms with Crippen molar-refractivity contribution < 1.29 is 14.3 Å². The summed E-state index contributed by atoms with van der Waals surface area (Å²) < 4.78 is 13.2. The molecule has 1 aromatic rings. The van der Waals surface area contributed by atoms with Crippen LogP contribution in [0.15, 0.2) is 18.2 Å². The zero-order valence-corrected chi connectivity index (χ0v) is 10.5. The number of carbonyl (C=O) groups is 1. The zero-order chi connectivity index (χ0) is 13.7. The lowest BCUT2D eigenvalue weighted by atomic mass is 10.1. The first-order valence-corrected chi connectivity index (χ1v) is 5.57. The van der Waals surface area contributed by atoms with Gasteiger partial charge >= 0.3 is 0 Å². The van der Waals surface area contributed by atoms with Crippen LogP contribution in [0.5, 0.6) is 5.75 Å². The van der Waals surface area contributed by atoms with E-state index in [9.17, 15) is 14.3 Å². The van der Waals surface area contributed by atoms with E-state index in [0.29, 0.717) is 18.7 Å². The fraction of sp³-hybridized carbons (Fsp3) is 0.417. The van der Waals surface area contributed by atoms with Crippen molar-refractivity contribution in [2.45, 2.75) is 6.04 Å². The summed E-state index contributed by atoms with van der Waals surface area (Å²) in [6, 6.07) is 2.66. The number of likely N-dealkylation sites (N-methyl/N-ethyl adjacent to an activating group) is 1. The second kappa shape index (κ2) is 6.32. The monoisotopic (exact) mass is 255 g/mol. The minimum atomic E-state index is -0.813. The normalized spacial score (nSPS) is 12.7. The maximum absolute atomic E-state index is 13.2. The zero-order valence-electron chi connectivity index (χ0n) is 10.5. The summed E-state index contributed by atoms with van der Waals surface area (Å²) in [6.07, 6.45) is 0. The van der Waals surface area contributed by atoms with Gasteiger partial charge in [-0.3, -0.25) is 4.79 Å². The van der Waals surface area contributed by atoms with Crippen LogP contribution in [0.2, 0.25) is 0 Å². The largest absolute Gasteiger partial charge is 0.508 e. The highest BCUT2D eigenvalue weighted by atomic mass is 19.1. The third kappa shape index (κ3) is 4.31. The molecule has 0 bridgehead atoms. The van der Waals surface area contributed by atoms with Crippen LogP contribution in [0.25, 0.3) is 0 Å². The number of amides is 1. The highest BCUT2D eigenvalue weighted by Crippen LogP contribution is 2.20. The molecule has 18 heavy (non-hydrogen) atoms. The van der Waals surface area contributed by atoms with E-state index in [4.69, 9.17) is 5.73 Å². The maximum Gasteiger partial charge on any atom is 0.239 e. The topological polar surface area (TPSA) is 78.6 Å². The van der Waals surface area contributed by atoms with Gasteiger partial charge in [-0.15, -0.1) is 0 Å². The Bertz CT molecular complexity index is 404. The average molecular weight is 255 g/mol. The number of carbonyl (C=O) groups excluding carboxylic acids is 1. The van der Waals surface area contributed by atoms with Gasteiger partial charge in [0, 0.05) is 19.2 Å². The van der Waals surface area contributed by atoms with Crippen LogP contribution in [-0.4, -0.2) is 43.1 Å². The van der Waals surface area contributed by atoms with Gasteiger partial charge in [0.15, 0.2) is 0 Å². The Kier molecular flexibility index (Phi) is 5.06. The van der Waals surface area contributed by atoms with Gasteiger partial charge in [-0.05, 0) is 31.8 Å². The van der Waals surface area contributed by atoms with Crippen molar-refractivity contribution in [1.82, 2.24) is 10.2 Å². The standard InChI is InChI=1S/C12H18FN3O2/c1-16(2)4-3-15-11(12(14)18)8-5-9(13)7-10(17)6-8/h5-7,11,15,17H,3-4H2,1-2H3,(H2,14,18). The quantitative estimate of drug-likeness (QED) is 0.679. The molecule has 0 aromatic heterocycles. The van der Waals surface area contributed by atoms with E-state index in [1.54, 1.807) is 0 Å². The molecule has 1 amide bonds. The number of halogens is 1. The molecule has 0 spiro atoms. The minimum Gasteiger partial charge on any atom is -0.508 e. The first-order chi connectivity index (χ1) is 8.40. The van der Waals surface area contributed by atoms with E-state index in [0.717, 1.165) is 6.07 Å². The van der Waals surface area contributed by atoms with Gasteiger partial charge in [0.25, 0.3) is 0 Å². The molecule has 100 valence electrons. The Morgan fingerprint density at radius 1 is 1.50 bits per heavy atom. The number of nitrogens with zero attached hydrogens (tertiary/aromatic N) is 1. The van der Waals surface area contributed by atoms with Crippen molar-refractivity contribution in [3.05, 3.63) is 29.6 Å². The highest BCUT2D eigenvalue weighted by Gasteiger charge is 2.18. The van der Waals surface area contributed by atoms with E-state index >= 15 is 0 Å². The van der Waals surface area contributed by atoms with Crippen molar-refractivity contribution in [3.8, 4) is 5.75 Å². The summed E-state index contributed by atoms with van der Waals surface area (Å²) >= 11 is 0. The molecular weight excluding hydrogens is 237 g/mol. The van der Waals surface area contributed by atoms with Crippen LogP contribution in [-0.2, 0) is 4.79 Å². The number of benzene rings is 1. The number of nitrogens with one attached hydrogen (secondary N) is 1. The number of nitrogens with two attached hydrogens (primary N) is 1. The Hall–Kier alpha value is -1.66. The SMILES string of the molecule is CN(C)CCNC(C(N)=O)c1cc(O)cc(F)c1. The fourth-order valence-corrected chi connectivity index (χ4v) is 1.58. The van der Waals surface area contributed by atoms with E-state index < -0.39 is 17.8 Å². The van der Waals surface area contributed by atoms with Crippen molar-refractivity contribution in [3.63, 3.8) is 0 Å². The predicted molar refractivity (Wildman–Crippen MR) is 66.6 cm³/mol. The third-order valence-electron chi connectivity index (χ3n) is 2.43. The molecule has 0 aliphatic rings. The summed E-state index contributed by atoms with van der Waals surface area (Å²) in [7, 11) is 3.80. The Labute approximate surface area is 105 Å². The van der Waals surface area contributed by atoms with Crippen LogP contribution in [0, 0.1) is 5.82 Å². The molecule has 1 rings (SSSR count). The number of hydrogen-bond donors (Lipinski definition) is 3. The molecule has 0 aliphatic carbocycles. The Balaban J connectivity index is 2.80. The summed E-state index contributed by atoms with van der Waals surface area (Å²) in [4.78, 5) is 13.3. The van der Waals surface area contributed by atoms with E-state index in [2.05, 4.69) is 5.32 Å². The average Bonchev–Trinajstić information content (AvgIpc) is 2.21. The molecule has 6 heteroatoms. The Morgan fingerprint density at radius 2 is 2.17 bits per heavy atom. The first kappa shape index (κ1) is 14.4. The molecule has 0 saturated carbocycles. The van der Waals surface area contributed by atoms with Crippen molar-refractivity contribution in [1.29, 1.82) is 0 Å². The summed E-state index contributed by atoms with van der Waals surface area (Å²) in [6.45, 7) is 1.24. The lowest BCUT2D eigenvalue weighted by molar-refractivity contribution is -0.120. The predicted octanol–water partition coefficient (Wildman–Crippen LogP) is 0.209. The van der Waals surface area contributed by atoms with Crippen molar-refractivity contribution in [2.24, 2.45) is 5.73 Å². The van der Waals surface area contributed by atoms with E-state index in [1.165, 1.54) is 12.1 Å². The molecule has 5 nitrogen and oxygen atoms in total. The van der Waals surface area contributed by atoms with Gasteiger partial charge in [-0.2, -0.15) is 0 Å². The van der Waals surface area contributed by atoms with Crippen LogP contribution < -0.4 is 11.1 Å². The van der Waals surface area contributed by atoms with Gasteiger partial charge in [0.1, 0.15) is 17.6 Å². The molecule has 0 saturated heterocycles. The number of aromatic hydroxyl groups is 1. The van der Waals surface area contributed by atoms with Crippen molar-refractivity contribution in [2.75, 3.05) is 27.2 Å². The van der Waals surface area contributed by atoms with Crippen LogP contribution in [0.4, 0.5) is 4.39 Å². The summed E-state index contributed by atoms with van der Waals surface area (Å²) in [5.74, 6) is -1.45. The number of phenols is 1. The van der Waals surface area contributed by atoms with Crippen LogP contribution >= 0.6 is 0 Å². The number of rotatable bonds is 6. The lowest BCUT2D eigenvalue weighted by Crippen LogP contribution is -2.37. The van der Waals surface area contributed by atoms with Crippen LogP contribution in [0.1, 0.15) is 11.6 Å². The second-order valence-corrected chi connectivity index (χ2v) is 4.34. The molecule has 0 heterocycles. The molecular formula is C12H18FN3O2. The Morgan fingerprint density at radius 3 is 2.67 bits per heavy atom. The molecule has 0 aliphatic heterocycles. The third-order valence-corrected chi connectivity index (χ3v) is 2.43. The van der Waals surface area contributed by atoms with Gasteiger partial charge < -0.3 is 21.1 Å². The van der Waals surface area contributed by atoms with E-state index in [-0.39, 0.29) is 5.75 Å². The molecule has 0 fully saturated rings. The molecule has 1 unspecified atom stereocenters. The molecule has 4 N–H and O–H groups in total. The van der Waals surface area contributed by atoms with E-state index in [1.807, 2.05) is 19.0 Å². The second-order valence-electron chi connectivity index (χ2n) is 4.34. The van der Waals surface area contributed by atoms with Gasteiger partial charge in [-0.1, -0.05) is 0 Å². The highest BCUT2D eigenvalue weighted by molar-refractivity contribution is 5.81. The molecule has 1 atom stereocenters. The number of hydrogen-bond acceptors (Lipinski definition) is 4. The van der Waals surface area contributed by atoms with Crippen LogP contribution in [0.3, 0.4) is 0 Å². The fourth-order valence-electron chi connectivity index (χ4n) is 1.58. The van der Waals surface area contributed by atoms with Crippen molar-refractivity contribution >= 4 is 5.91 Å². The summed E-state index contributed by atoms with van der Waals surface area (Å²) in [5.41, 5.74) is 5.58. The van der Waals surface area contributed by atoms with Gasteiger partial charge in [-0.25, -0.2) is 4.39 Å². The lowest BCUT2D eigenvalue weighted by Gasteiger charge is -2.18. The van der Waals surface area contributed by atoms with Gasteiger partial charge in [0.05, 0.1) is 0 Å². The first-order valence-electron chi connectivity index (χ1n) is 5.57. The maximum atomic E-state index is 13.2. The number of phenolic OH excluding ortho intramolecular Hbond substituents is 1.